The van der Waals surface area contributed by atoms with Crippen LogP contribution in [0.25, 0.3) is 0 Å². The van der Waals surface area contributed by atoms with Gasteiger partial charge in [0.25, 0.3) is 0 Å². The summed E-state index contributed by atoms with van der Waals surface area (Å²) in [6.45, 7) is 7.12. The van der Waals surface area contributed by atoms with Crippen LogP contribution in [0, 0.1) is 0 Å². The quantitative estimate of drug-likeness (QED) is 0.652. The van der Waals surface area contributed by atoms with Crippen molar-refractivity contribution in [3.05, 3.63) is 59.7 Å². The van der Waals surface area contributed by atoms with Crippen LogP contribution in [0.1, 0.15) is 36.9 Å². The smallest absolute Gasteiger partial charge is 0.161 e. The third kappa shape index (κ3) is 6.56. The third-order valence-corrected chi connectivity index (χ3v) is 4.96. The number of ether oxygens (including phenoxy) is 2. The van der Waals surface area contributed by atoms with Gasteiger partial charge >= 0.3 is 0 Å². The number of piperazine rings is 1. The summed E-state index contributed by atoms with van der Waals surface area (Å²) in [5, 5.41) is 3.44. The fourth-order valence-corrected chi connectivity index (χ4v) is 3.58. The van der Waals surface area contributed by atoms with E-state index >= 15 is 0 Å². The molecule has 6 heteroatoms. The molecule has 28 heavy (non-hydrogen) atoms. The van der Waals surface area contributed by atoms with Gasteiger partial charge in [-0.1, -0.05) is 49.7 Å². The molecule has 0 aromatic heterocycles. The number of halogens is 2. The van der Waals surface area contributed by atoms with E-state index in [1.807, 2.05) is 24.3 Å². The molecule has 0 aliphatic carbocycles. The Labute approximate surface area is 181 Å². The van der Waals surface area contributed by atoms with Crippen LogP contribution >= 0.6 is 24.8 Å². The van der Waals surface area contributed by atoms with Crippen LogP contribution in [0.2, 0.25) is 0 Å². The Morgan fingerprint density at radius 3 is 2.36 bits per heavy atom. The lowest BCUT2D eigenvalue weighted by molar-refractivity contribution is 0.164. The lowest BCUT2D eigenvalue weighted by Gasteiger charge is -2.35. The van der Waals surface area contributed by atoms with Crippen LogP contribution in [0.15, 0.2) is 48.5 Å². The van der Waals surface area contributed by atoms with Gasteiger partial charge in [-0.15, -0.1) is 24.8 Å². The Bertz CT molecular complexity index is 679. The van der Waals surface area contributed by atoms with Crippen molar-refractivity contribution in [2.75, 3.05) is 33.3 Å². The number of benzene rings is 2. The van der Waals surface area contributed by atoms with Crippen molar-refractivity contribution >= 4 is 24.8 Å². The average Bonchev–Trinajstić information content (AvgIpc) is 2.71. The van der Waals surface area contributed by atoms with Crippen molar-refractivity contribution in [3.63, 3.8) is 0 Å². The molecular weight excluding hydrogens is 395 g/mol. The molecular formula is C22H32Cl2N2O2. The summed E-state index contributed by atoms with van der Waals surface area (Å²) in [6.07, 6.45) is 2.32. The fraction of sp³-hybridized carbons (Fsp3) is 0.455. The molecule has 156 valence electrons. The Balaban J connectivity index is 0.00000196. The van der Waals surface area contributed by atoms with Gasteiger partial charge in [-0.2, -0.15) is 0 Å². The van der Waals surface area contributed by atoms with Gasteiger partial charge in [0, 0.05) is 32.2 Å². The molecule has 0 saturated carbocycles. The van der Waals surface area contributed by atoms with Gasteiger partial charge in [0.15, 0.2) is 11.5 Å². The van der Waals surface area contributed by atoms with Crippen molar-refractivity contribution in [1.29, 1.82) is 0 Å². The van der Waals surface area contributed by atoms with E-state index in [1.165, 1.54) is 12.0 Å². The molecule has 4 nitrogen and oxygen atoms in total. The normalized spacial score (nSPS) is 15.1. The van der Waals surface area contributed by atoms with Gasteiger partial charge in [0.05, 0.1) is 7.11 Å². The first-order chi connectivity index (χ1) is 12.8. The minimum atomic E-state index is 0. The first-order valence-electron chi connectivity index (χ1n) is 9.61. The summed E-state index contributed by atoms with van der Waals surface area (Å²) in [6, 6.07) is 17.1. The Morgan fingerprint density at radius 1 is 1.00 bits per heavy atom. The fourth-order valence-electron chi connectivity index (χ4n) is 3.58. The zero-order valence-electron chi connectivity index (χ0n) is 16.7. The van der Waals surface area contributed by atoms with Crippen molar-refractivity contribution in [2.24, 2.45) is 0 Å². The van der Waals surface area contributed by atoms with Crippen molar-refractivity contribution in [3.8, 4) is 11.5 Å². The highest BCUT2D eigenvalue weighted by molar-refractivity contribution is 5.85. The first-order valence-corrected chi connectivity index (χ1v) is 9.61. The third-order valence-electron chi connectivity index (χ3n) is 4.96. The van der Waals surface area contributed by atoms with Gasteiger partial charge < -0.3 is 14.8 Å². The van der Waals surface area contributed by atoms with E-state index in [2.05, 4.69) is 41.4 Å². The van der Waals surface area contributed by atoms with Crippen LogP contribution < -0.4 is 14.8 Å². The Hall–Kier alpha value is -1.46. The van der Waals surface area contributed by atoms with Crippen LogP contribution in [0.3, 0.4) is 0 Å². The molecule has 1 heterocycles. The molecule has 1 fully saturated rings. The monoisotopic (exact) mass is 426 g/mol. The van der Waals surface area contributed by atoms with Crippen LogP contribution in [0.5, 0.6) is 11.5 Å². The lowest BCUT2D eigenvalue weighted by atomic mass is 9.99. The molecule has 0 unspecified atom stereocenters. The lowest BCUT2D eigenvalue weighted by Crippen LogP contribution is -2.45. The van der Waals surface area contributed by atoms with E-state index in [1.54, 1.807) is 7.11 Å². The van der Waals surface area contributed by atoms with Gasteiger partial charge in [-0.3, -0.25) is 4.90 Å². The molecule has 1 aliphatic heterocycles. The topological polar surface area (TPSA) is 33.7 Å². The van der Waals surface area contributed by atoms with Gasteiger partial charge in [0.1, 0.15) is 6.61 Å². The summed E-state index contributed by atoms with van der Waals surface area (Å²) in [5.74, 6) is 1.62. The highest BCUT2D eigenvalue weighted by Gasteiger charge is 2.22. The number of hydrogen-bond acceptors (Lipinski definition) is 4. The summed E-state index contributed by atoms with van der Waals surface area (Å²) in [5.41, 5.74) is 2.48. The molecule has 0 amide bonds. The van der Waals surface area contributed by atoms with Gasteiger partial charge in [0.2, 0.25) is 0 Å². The minimum absolute atomic E-state index is 0. The Morgan fingerprint density at radius 2 is 1.71 bits per heavy atom. The maximum absolute atomic E-state index is 6.11. The summed E-state index contributed by atoms with van der Waals surface area (Å²) < 4.78 is 11.6. The molecule has 0 bridgehead atoms. The predicted octanol–water partition coefficient (Wildman–Crippen LogP) is 4.86. The van der Waals surface area contributed by atoms with E-state index in [0.29, 0.717) is 12.6 Å². The molecule has 1 aliphatic rings. The highest BCUT2D eigenvalue weighted by atomic mass is 35.5. The number of nitrogens with zero attached hydrogens (tertiary/aromatic N) is 1. The molecule has 0 spiro atoms. The zero-order chi connectivity index (χ0) is 18.2. The van der Waals surface area contributed by atoms with Gasteiger partial charge in [-0.05, 0) is 29.7 Å². The highest BCUT2D eigenvalue weighted by Crippen LogP contribution is 2.34. The molecule has 3 rings (SSSR count). The second kappa shape index (κ2) is 12.9. The predicted molar refractivity (Wildman–Crippen MR) is 120 cm³/mol. The summed E-state index contributed by atoms with van der Waals surface area (Å²) in [4.78, 5) is 2.59. The van der Waals surface area contributed by atoms with Gasteiger partial charge in [-0.25, -0.2) is 0 Å². The molecule has 1 N–H and O–H groups in total. The van der Waals surface area contributed by atoms with Crippen molar-refractivity contribution in [2.45, 2.75) is 32.4 Å². The van der Waals surface area contributed by atoms with E-state index in [9.17, 15) is 0 Å². The number of methoxy groups -OCH3 is 1. The van der Waals surface area contributed by atoms with Crippen molar-refractivity contribution < 1.29 is 9.47 Å². The molecule has 1 atom stereocenters. The zero-order valence-corrected chi connectivity index (χ0v) is 18.4. The summed E-state index contributed by atoms with van der Waals surface area (Å²) in [7, 11) is 1.70. The average molecular weight is 427 g/mol. The minimum Gasteiger partial charge on any atom is -0.493 e. The number of hydrogen-bond donors (Lipinski definition) is 1. The van der Waals surface area contributed by atoms with Crippen LogP contribution in [0.4, 0.5) is 0 Å². The van der Waals surface area contributed by atoms with E-state index in [-0.39, 0.29) is 24.8 Å². The molecule has 2 aromatic carbocycles. The standard InChI is InChI=1S/C22H30N2O2.2ClH/c1-3-7-20(24-14-12-23-13-15-24)19-10-11-21(25-2)22(16-19)26-17-18-8-5-4-6-9-18;;/h4-6,8-11,16,20,23H,3,7,12-15,17H2,1-2H3;2*1H/t20-;;/m0../s1. The molecule has 2 aromatic rings. The van der Waals surface area contributed by atoms with Crippen LogP contribution in [-0.2, 0) is 6.61 Å². The van der Waals surface area contributed by atoms with E-state index in [0.717, 1.165) is 49.7 Å². The summed E-state index contributed by atoms with van der Waals surface area (Å²) >= 11 is 0. The maximum atomic E-state index is 6.11. The largest absolute Gasteiger partial charge is 0.493 e. The second-order valence-electron chi connectivity index (χ2n) is 6.78. The number of nitrogens with one attached hydrogen (secondary N) is 1. The molecule has 0 radical (unpaired) electrons. The Kier molecular flexibility index (Phi) is 11.3. The van der Waals surface area contributed by atoms with Crippen molar-refractivity contribution in [1.82, 2.24) is 10.2 Å². The second-order valence-corrected chi connectivity index (χ2v) is 6.78. The van der Waals surface area contributed by atoms with E-state index < -0.39 is 0 Å². The maximum Gasteiger partial charge on any atom is 0.161 e. The molecule has 1 saturated heterocycles. The number of rotatable bonds is 8. The first kappa shape index (κ1) is 24.6. The van der Waals surface area contributed by atoms with E-state index in [4.69, 9.17) is 9.47 Å². The SMILES string of the molecule is CCC[C@@H](c1ccc(OC)c(OCc2ccccc2)c1)N1CCNCC1.Cl.Cl. The van der Waals surface area contributed by atoms with Crippen LogP contribution in [-0.4, -0.2) is 38.2 Å².